The standard InChI is InChI=1S/C35H39N5O5/c1-42-28-9-6-24(7-10-28)23-45-29-11-13-30-26(21-29)8-12-31-32(30)37-35(36)38-33(31)40-16-14-39(15-17-40)18-19-44-22-25-4-3-5-27(20-25)34(41)43-2/h3-7,9-11,13,20-21H,8,12,14-19,22-23H2,1-2H3,(H2,36,37,38). The Kier molecular flexibility index (Phi) is 9.42. The Labute approximate surface area is 263 Å². The van der Waals surface area contributed by atoms with Gasteiger partial charge >= 0.3 is 5.97 Å². The van der Waals surface area contributed by atoms with Gasteiger partial charge in [0.1, 0.15) is 23.9 Å². The van der Waals surface area contributed by atoms with E-state index in [0.29, 0.717) is 31.3 Å². The number of aromatic nitrogens is 2. The maximum Gasteiger partial charge on any atom is 0.337 e. The van der Waals surface area contributed by atoms with E-state index < -0.39 is 0 Å². The first-order valence-electron chi connectivity index (χ1n) is 15.3. The molecule has 4 aromatic rings. The second-order valence-corrected chi connectivity index (χ2v) is 11.3. The maximum absolute atomic E-state index is 11.8. The van der Waals surface area contributed by atoms with Crippen LogP contribution in [0.15, 0.2) is 66.7 Å². The van der Waals surface area contributed by atoms with Crippen LogP contribution >= 0.6 is 0 Å². The van der Waals surface area contributed by atoms with E-state index in [4.69, 9.17) is 34.6 Å². The number of benzene rings is 3. The molecule has 234 valence electrons. The molecular formula is C35H39N5O5. The number of ether oxygens (including phenoxy) is 4. The summed E-state index contributed by atoms with van der Waals surface area (Å²) in [5.41, 5.74) is 13.2. The monoisotopic (exact) mass is 609 g/mol. The highest BCUT2D eigenvalue weighted by Gasteiger charge is 2.27. The lowest BCUT2D eigenvalue weighted by atomic mass is 9.88. The molecule has 0 amide bonds. The second kappa shape index (κ2) is 14.0. The molecule has 1 aliphatic carbocycles. The molecule has 10 nitrogen and oxygen atoms in total. The topological polar surface area (TPSA) is 112 Å². The Balaban J connectivity index is 1.04. The zero-order valence-electron chi connectivity index (χ0n) is 25.8. The molecule has 45 heavy (non-hydrogen) atoms. The first kappa shape index (κ1) is 30.4. The molecule has 0 bridgehead atoms. The predicted octanol–water partition coefficient (Wildman–Crippen LogP) is 4.54. The van der Waals surface area contributed by atoms with Gasteiger partial charge in [-0.15, -0.1) is 0 Å². The van der Waals surface area contributed by atoms with Crippen LogP contribution in [0.1, 0.15) is 32.6 Å². The van der Waals surface area contributed by atoms with E-state index in [9.17, 15) is 4.79 Å². The van der Waals surface area contributed by atoms with Crippen molar-refractivity contribution in [3.8, 4) is 22.8 Å². The fourth-order valence-electron chi connectivity index (χ4n) is 5.92. The average Bonchev–Trinajstić information content (AvgIpc) is 3.09. The molecule has 2 N–H and O–H groups in total. The van der Waals surface area contributed by atoms with E-state index in [2.05, 4.69) is 21.9 Å². The van der Waals surface area contributed by atoms with Gasteiger partial charge in [-0.25, -0.2) is 9.78 Å². The van der Waals surface area contributed by atoms with Crippen LogP contribution in [0.3, 0.4) is 0 Å². The highest BCUT2D eigenvalue weighted by atomic mass is 16.5. The molecule has 0 atom stereocenters. The molecular weight excluding hydrogens is 570 g/mol. The summed E-state index contributed by atoms with van der Waals surface area (Å²) >= 11 is 0. The highest BCUT2D eigenvalue weighted by molar-refractivity contribution is 5.89. The summed E-state index contributed by atoms with van der Waals surface area (Å²) in [4.78, 5) is 25.9. The zero-order valence-corrected chi connectivity index (χ0v) is 25.8. The summed E-state index contributed by atoms with van der Waals surface area (Å²) in [7, 11) is 3.05. The minimum atomic E-state index is -0.342. The van der Waals surface area contributed by atoms with Crippen LogP contribution < -0.4 is 20.1 Å². The first-order valence-corrected chi connectivity index (χ1v) is 15.3. The van der Waals surface area contributed by atoms with Gasteiger partial charge in [0.25, 0.3) is 0 Å². The van der Waals surface area contributed by atoms with Gasteiger partial charge in [-0.2, -0.15) is 4.98 Å². The Morgan fingerprint density at radius 2 is 1.67 bits per heavy atom. The van der Waals surface area contributed by atoms with E-state index in [-0.39, 0.29) is 5.97 Å². The third kappa shape index (κ3) is 7.19. The van der Waals surface area contributed by atoms with Crippen molar-refractivity contribution >= 4 is 17.7 Å². The first-order chi connectivity index (χ1) is 22.0. The quantitative estimate of drug-likeness (QED) is 0.192. The van der Waals surface area contributed by atoms with Gasteiger partial charge in [-0.05, 0) is 72.0 Å². The third-order valence-electron chi connectivity index (χ3n) is 8.38. The largest absolute Gasteiger partial charge is 0.497 e. The lowest BCUT2D eigenvalue weighted by molar-refractivity contribution is 0.0600. The summed E-state index contributed by atoms with van der Waals surface area (Å²) in [6.07, 6.45) is 1.74. The fraction of sp³-hybridized carbons (Fsp3) is 0.343. The minimum Gasteiger partial charge on any atom is -0.497 e. The number of methoxy groups -OCH3 is 2. The molecule has 3 aromatic carbocycles. The Morgan fingerprint density at radius 3 is 2.44 bits per heavy atom. The number of hydrogen-bond acceptors (Lipinski definition) is 10. The van der Waals surface area contributed by atoms with Crippen molar-refractivity contribution in [2.24, 2.45) is 0 Å². The number of fused-ring (bicyclic) bond motifs is 3. The van der Waals surface area contributed by atoms with Gasteiger partial charge < -0.3 is 29.6 Å². The Bertz CT molecular complexity index is 1640. The van der Waals surface area contributed by atoms with E-state index in [1.54, 1.807) is 13.2 Å². The lowest BCUT2D eigenvalue weighted by Gasteiger charge is -2.37. The van der Waals surface area contributed by atoms with Crippen LogP contribution in [0, 0.1) is 0 Å². The van der Waals surface area contributed by atoms with Crippen molar-refractivity contribution in [2.75, 3.05) is 64.2 Å². The number of esters is 1. The number of aryl methyl sites for hydroxylation is 1. The van der Waals surface area contributed by atoms with Gasteiger partial charge in [-0.1, -0.05) is 24.3 Å². The molecule has 0 spiro atoms. The van der Waals surface area contributed by atoms with Crippen LogP contribution in [-0.2, 0) is 35.5 Å². The normalized spacial score (nSPS) is 14.4. The fourth-order valence-corrected chi connectivity index (χ4v) is 5.92. The SMILES string of the molecule is COC(=O)c1cccc(COCCN2CCN(c3nc(N)nc4c3CCc3cc(OCc5ccc(OC)cc5)ccc3-4)CC2)c1. The molecule has 0 radical (unpaired) electrons. The van der Waals surface area contributed by atoms with Crippen molar-refractivity contribution in [3.05, 3.63) is 94.5 Å². The van der Waals surface area contributed by atoms with Crippen LogP contribution in [0.5, 0.6) is 11.5 Å². The van der Waals surface area contributed by atoms with Gasteiger partial charge in [0.05, 0.1) is 38.7 Å². The zero-order chi connectivity index (χ0) is 31.2. The number of nitrogens with zero attached hydrogens (tertiary/aromatic N) is 4. The van der Waals surface area contributed by atoms with E-state index >= 15 is 0 Å². The van der Waals surface area contributed by atoms with E-state index in [1.165, 1.54) is 12.7 Å². The summed E-state index contributed by atoms with van der Waals surface area (Å²) in [5.74, 6) is 2.57. The van der Waals surface area contributed by atoms with Crippen LogP contribution in [0.2, 0.25) is 0 Å². The highest BCUT2D eigenvalue weighted by Crippen LogP contribution is 2.38. The smallest absolute Gasteiger partial charge is 0.337 e. The molecule has 1 aromatic heterocycles. The average molecular weight is 610 g/mol. The number of nitrogen functional groups attached to an aromatic ring is 1. The molecule has 10 heteroatoms. The molecule has 0 saturated carbocycles. The maximum atomic E-state index is 11.8. The van der Waals surface area contributed by atoms with E-state index in [0.717, 1.165) is 90.8 Å². The number of rotatable bonds is 11. The van der Waals surface area contributed by atoms with Crippen molar-refractivity contribution in [2.45, 2.75) is 26.1 Å². The molecule has 2 heterocycles. The number of nitrogens with two attached hydrogens (primary N) is 1. The van der Waals surface area contributed by atoms with Crippen LogP contribution in [-0.4, -0.2) is 74.4 Å². The van der Waals surface area contributed by atoms with E-state index in [1.807, 2.05) is 48.5 Å². The molecule has 1 aliphatic heterocycles. The van der Waals surface area contributed by atoms with Gasteiger partial charge in [-0.3, -0.25) is 4.90 Å². The summed E-state index contributed by atoms with van der Waals surface area (Å²) in [5, 5.41) is 0. The summed E-state index contributed by atoms with van der Waals surface area (Å²) in [6, 6.07) is 21.5. The van der Waals surface area contributed by atoms with Crippen molar-refractivity contribution in [1.82, 2.24) is 14.9 Å². The lowest BCUT2D eigenvalue weighted by Crippen LogP contribution is -2.48. The number of carbonyl (C=O) groups is 1. The van der Waals surface area contributed by atoms with Crippen molar-refractivity contribution < 1.29 is 23.7 Å². The number of piperazine rings is 1. The van der Waals surface area contributed by atoms with Crippen molar-refractivity contribution in [1.29, 1.82) is 0 Å². The van der Waals surface area contributed by atoms with Crippen LogP contribution in [0.25, 0.3) is 11.3 Å². The third-order valence-corrected chi connectivity index (χ3v) is 8.38. The Morgan fingerprint density at radius 1 is 0.867 bits per heavy atom. The van der Waals surface area contributed by atoms with Gasteiger partial charge in [0.15, 0.2) is 0 Å². The van der Waals surface area contributed by atoms with Crippen molar-refractivity contribution in [3.63, 3.8) is 0 Å². The van der Waals surface area contributed by atoms with Crippen LogP contribution in [0.4, 0.5) is 11.8 Å². The number of anilines is 2. The molecule has 0 unspecified atom stereocenters. The summed E-state index contributed by atoms with van der Waals surface area (Å²) < 4.78 is 22.1. The predicted molar refractivity (Wildman–Crippen MR) is 173 cm³/mol. The molecule has 6 rings (SSSR count). The molecule has 1 saturated heterocycles. The van der Waals surface area contributed by atoms with Gasteiger partial charge in [0.2, 0.25) is 5.95 Å². The van der Waals surface area contributed by atoms with Gasteiger partial charge in [0, 0.05) is 43.9 Å². The second-order valence-electron chi connectivity index (χ2n) is 11.3. The number of hydrogen-bond donors (Lipinski definition) is 1. The molecule has 2 aliphatic rings. The summed E-state index contributed by atoms with van der Waals surface area (Å²) in [6.45, 7) is 5.92. The Hall–Kier alpha value is -4.67. The molecule has 1 fully saturated rings. The minimum absolute atomic E-state index is 0.295. The number of carbonyl (C=O) groups excluding carboxylic acids is 1.